The van der Waals surface area contributed by atoms with Crippen LogP contribution in [0.2, 0.25) is 0 Å². The highest BCUT2D eigenvalue weighted by molar-refractivity contribution is 14.0. The summed E-state index contributed by atoms with van der Waals surface area (Å²) in [6, 6.07) is 6.43. The lowest BCUT2D eigenvalue weighted by atomic mass is 10.2. The molecule has 1 N–H and O–H groups in total. The summed E-state index contributed by atoms with van der Waals surface area (Å²) in [5, 5.41) is 3.15. The summed E-state index contributed by atoms with van der Waals surface area (Å²) in [6.45, 7) is 2.37. The van der Waals surface area contributed by atoms with Gasteiger partial charge in [0.1, 0.15) is 5.75 Å². The summed E-state index contributed by atoms with van der Waals surface area (Å²) in [5.74, 6) is 0.120. The highest BCUT2D eigenvalue weighted by Gasteiger charge is 2.14. The molecule has 0 radical (unpaired) electrons. The van der Waals surface area contributed by atoms with Crippen molar-refractivity contribution in [3.8, 4) is 5.75 Å². The second kappa shape index (κ2) is 12.7. The molecule has 0 saturated carbocycles. The van der Waals surface area contributed by atoms with Crippen molar-refractivity contribution in [2.75, 3.05) is 27.2 Å². The van der Waals surface area contributed by atoms with Crippen molar-refractivity contribution >= 4 is 35.9 Å². The van der Waals surface area contributed by atoms with E-state index in [1.807, 2.05) is 18.9 Å². The van der Waals surface area contributed by atoms with Gasteiger partial charge < -0.3 is 19.7 Å². The first-order valence-corrected chi connectivity index (χ1v) is 7.98. The third-order valence-corrected chi connectivity index (χ3v) is 3.38. The van der Waals surface area contributed by atoms with Crippen molar-refractivity contribution in [1.29, 1.82) is 0 Å². The van der Waals surface area contributed by atoms with E-state index in [1.165, 1.54) is 19.2 Å². The summed E-state index contributed by atoms with van der Waals surface area (Å²) in [6.07, 6.45) is 0. The van der Waals surface area contributed by atoms with Crippen molar-refractivity contribution in [1.82, 2.24) is 10.2 Å². The summed E-state index contributed by atoms with van der Waals surface area (Å²) >= 11 is 0. The number of guanidine groups is 1. The Kier molecular flexibility index (Phi) is 11.9. The maximum absolute atomic E-state index is 12.2. The predicted molar refractivity (Wildman–Crippen MR) is 107 cm³/mol. The van der Waals surface area contributed by atoms with Gasteiger partial charge in [0.2, 0.25) is 0 Å². The van der Waals surface area contributed by atoms with E-state index in [4.69, 9.17) is 4.74 Å². The SMILES string of the molecule is CCNC(=NCC(C)C(=O)OC)N(C)Cc1ccc(OC(F)F)cc1.I. The number of carbonyl (C=O) groups is 1. The van der Waals surface area contributed by atoms with Crippen LogP contribution in [-0.4, -0.2) is 50.7 Å². The van der Waals surface area contributed by atoms with E-state index in [-0.39, 0.29) is 41.6 Å². The van der Waals surface area contributed by atoms with E-state index in [1.54, 1.807) is 19.1 Å². The van der Waals surface area contributed by atoms with Gasteiger partial charge in [-0.25, -0.2) is 0 Å². The van der Waals surface area contributed by atoms with Crippen molar-refractivity contribution in [2.45, 2.75) is 27.0 Å². The van der Waals surface area contributed by atoms with Gasteiger partial charge >= 0.3 is 12.6 Å². The number of ether oxygens (including phenoxy) is 2. The molecule has 0 amide bonds. The minimum atomic E-state index is -2.84. The first-order chi connectivity index (χ1) is 11.9. The van der Waals surface area contributed by atoms with E-state index < -0.39 is 6.61 Å². The Hall–Kier alpha value is -1.65. The fourth-order valence-electron chi connectivity index (χ4n) is 2.09. The number of aliphatic imine (C=N–C) groups is 1. The average Bonchev–Trinajstić information content (AvgIpc) is 2.58. The number of hydrogen-bond donors (Lipinski definition) is 1. The van der Waals surface area contributed by atoms with Crippen LogP contribution >= 0.6 is 24.0 Å². The molecular formula is C17H26F2IN3O3. The molecule has 6 nitrogen and oxygen atoms in total. The van der Waals surface area contributed by atoms with Crippen molar-refractivity contribution in [2.24, 2.45) is 10.9 Å². The van der Waals surface area contributed by atoms with E-state index in [0.717, 1.165) is 5.56 Å². The maximum Gasteiger partial charge on any atom is 0.387 e. The number of methoxy groups -OCH3 is 1. The van der Waals surface area contributed by atoms with Gasteiger partial charge in [-0.2, -0.15) is 8.78 Å². The lowest BCUT2D eigenvalue weighted by Crippen LogP contribution is -2.39. The normalized spacial score (nSPS) is 12.2. The van der Waals surface area contributed by atoms with Crippen LogP contribution in [0.5, 0.6) is 5.75 Å². The van der Waals surface area contributed by atoms with Gasteiger partial charge in [0, 0.05) is 20.1 Å². The Labute approximate surface area is 170 Å². The fraction of sp³-hybridized carbons (Fsp3) is 0.529. The smallest absolute Gasteiger partial charge is 0.387 e. The molecule has 0 saturated heterocycles. The topological polar surface area (TPSA) is 63.2 Å². The molecular weight excluding hydrogens is 459 g/mol. The molecule has 26 heavy (non-hydrogen) atoms. The molecule has 9 heteroatoms. The van der Waals surface area contributed by atoms with Crippen molar-refractivity contribution in [3.05, 3.63) is 29.8 Å². The van der Waals surface area contributed by atoms with Crippen LogP contribution < -0.4 is 10.1 Å². The molecule has 0 aliphatic carbocycles. The van der Waals surface area contributed by atoms with E-state index in [2.05, 4.69) is 15.0 Å². The van der Waals surface area contributed by atoms with Crippen LogP contribution in [0, 0.1) is 5.92 Å². The van der Waals surface area contributed by atoms with Crippen LogP contribution in [-0.2, 0) is 16.1 Å². The second-order valence-corrected chi connectivity index (χ2v) is 5.50. The minimum absolute atomic E-state index is 0. The number of nitrogens with one attached hydrogen (secondary N) is 1. The molecule has 0 aliphatic rings. The van der Waals surface area contributed by atoms with Crippen LogP contribution in [0.4, 0.5) is 8.78 Å². The van der Waals surface area contributed by atoms with Gasteiger partial charge in [-0.05, 0) is 24.6 Å². The Morgan fingerprint density at radius 1 is 1.31 bits per heavy atom. The summed E-state index contributed by atoms with van der Waals surface area (Å²) < 4.78 is 33.4. The minimum Gasteiger partial charge on any atom is -0.469 e. The van der Waals surface area contributed by atoms with Gasteiger partial charge in [0.05, 0.1) is 19.6 Å². The molecule has 1 aromatic carbocycles. The maximum atomic E-state index is 12.2. The van der Waals surface area contributed by atoms with Gasteiger partial charge in [0.15, 0.2) is 5.96 Å². The third kappa shape index (κ3) is 8.63. The summed E-state index contributed by atoms with van der Waals surface area (Å²) in [7, 11) is 3.20. The Bertz CT molecular complexity index is 571. The van der Waals surface area contributed by atoms with Gasteiger partial charge in [-0.3, -0.25) is 9.79 Å². The molecule has 1 atom stereocenters. The molecule has 1 aromatic rings. The Balaban J connectivity index is 0.00000625. The number of halogens is 3. The molecule has 0 fully saturated rings. The quantitative estimate of drug-likeness (QED) is 0.266. The Morgan fingerprint density at radius 2 is 1.92 bits per heavy atom. The van der Waals surface area contributed by atoms with Crippen molar-refractivity contribution in [3.63, 3.8) is 0 Å². The first-order valence-electron chi connectivity index (χ1n) is 7.98. The summed E-state index contributed by atoms with van der Waals surface area (Å²) in [5.41, 5.74) is 0.913. The molecule has 1 rings (SSSR count). The number of carbonyl (C=O) groups excluding carboxylic acids is 1. The lowest BCUT2D eigenvalue weighted by Gasteiger charge is -2.22. The van der Waals surface area contributed by atoms with E-state index in [9.17, 15) is 13.6 Å². The van der Waals surface area contributed by atoms with E-state index >= 15 is 0 Å². The molecule has 1 unspecified atom stereocenters. The number of alkyl halides is 2. The summed E-state index contributed by atoms with van der Waals surface area (Å²) in [4.78, 5) is 17.8. The molecule has 0 aliphatic heterocycles. The van der Waals surface area contributed by atoms with E-state index in [0.29, 0.717) is 25.6 Å². The Morgan fingerprint density at radius 3 is 2.42 bits per heavy atom. The standard InChI is InChI=1S/C17H25F2N3O3.HI/c1-5-20-17(21-10-12(2)15(23)24-4)22(3)11-13-6-8-14(9-7-13)25-16(18)19;/h6-9,12,16H,5,10-11H2,1-4H3,(H,20,21);1H. The van der Waals surface area contributed by atoms with Crippen LogP contribution in [0.3, 0.4) is 0 Å². The van der Waals surface area contributed by atoms with Crippen LogP contribution in [0.15, 0.2) is 29.3 Å². The van der Waals surface area contributed by atoms with Gasteiger partial charge in [0.25, 0.3) is 0 Å². The third-order valence-electron chi connectivity index (χ3n) is 3.38. The second-order valence-electron chi connectivity index (χ2n) is 5.50. The monoisotopic (exact) mass is 485 g/mol. The highest BCUT2D eigenvalue weighted by atomic mass is 127. The zero-order valence-corrected chi connectivity index (χ0v) is 17.7. The predicted octanol–water partition coefficient (Wildman–Crippen LogP) is 3.11. The number of rotatable bonds is 8. The molecule has 0 aromatic heterocycles. The van der Waals surface area contributed by atoms with Crippen LogP contribution in [0.1, 0.15) is 19.4 Å². The highest BCUT2D eigenvalue weighted by Crippen LogP contribution is 2.15. The number of esters is 1. The molecule has 0 heterocycles. The van der Waals surface area contributed by atoms with Gasteiger partial charge in [-0.15, -0.1) is 24.0 Å². The number of nitrogens with zero attached hydrogens (tertiary/aromatic N) is 2. The fourth-order valence-corrected chi connectivity index (χ4v) is 2.09. The zero-order valence-electron chi connectivity index (χ0n) is 15.4. The molecule has 148 valence electrons. The van der Waals surface area contributed by atoms with Crippen LogP contribution in [0.25, 0.3) is 0 Å². The molecule has 0 spiro atoms. The number of hydrogen-bond acceptors (Lipinski definition) is 4. The lowest BCUT2D eigenvalue weighted by molar-refractivity contribution is -0.144. The van der Waals surface area contributed by atoms with Gasteiger partial charge in [-0.1, -0.05) is 19.1 Å². The molecule has 0 bridgehead atoms. The number of benzene rings is 1. The largest absolute Gasteiger partial charge is 0.469 e. The zero-order chi connectivity index (χ0) is 18.8. The first kappa shape index (κ1) is 24.4. The average molecular weight is 485 g/mol. The van der Waals surface area contributed by atoms with Crippen molar-refractivity contribution < 1.29 is 23.0 Å².